The molecule has 1 rings (SSSR count). The molecule has 0 aliphatic heterocycles. The van der Waals surface area contributed by atoms with Gasteiger partial charge in [0, 0.05) is 5.56 Å². The number of nitrogens with two attached hydrogens (primary N) is 1. The number of phenols is 1. The second-order valence-electron chi connectivity index (χ2n) is 3.56. The van der Waals surface area contributed by atoms with Gasteiger partial charge in [0.1, 0.15) is 5.75 Å². The average Bonchev–Trinajstić information content (AvgIpc) is 2.21. The fourth-order valence-electron chi connectivity index (χ4n) is 1.48. The summed E-state index contributed by atoms with van der Waals surface area (Å²) in [7, 11) is 0. The van der Waals surface area contributed by atoms with E-state index in [1.54, 1.807) is 18.2 Å². The van der Waals surface area contributed by atoms with Gasteiger partial charge in [0.15, 0.2) is 0 Å². The third-order valence-corrected chi connectivity index (χ3v) is 3.02. The molecule has 3 nitrogen and oxygen atoms in total. The Morgan fingerprint density at radius 2 is 2.13 bits per heavy atom. The maximum atomic E-state index is 9.75. The van der Waals surface area contributed by atoms with Crippen LogP contribution in [0, 0.1) is 0 Å². The van der Waals surface area contributed by atoms with Crippen LogP contribution in [0.25, 0.3) is 0 Å². The summed E-state index contributed by atoms with van der Waals surface area (Å²) in [6.07, 6.45) is 0.881. The SMILES string of the molecule is CCC[C@H](O)[C@H](N)c1cccc(Br)c1O. The largest absolute Gasteiger partial charge is 0.506 e. The average molecular weight is 274 g/mol. The van der Waals surface area contributed by atoms with Gasteiger partial charge in [-0.1, -0.05) is 25.5 Å². The van der Waals surface area contributed by atoms with Gasteiger partial charge in [-0.15, -0.1) is 0 Å². The molecule has 0 aromatic heterocycles. The van der Waals surface area contributed by atoms with Gasteiger partial charge in [-0.3, -0.25) is 0 Å². The van der Waals surface area contributed by atoms with Crippen molar-refractivity contribution in [2.24, 2.45) is 5.73 Å². The number of aliphatic hydroxyl groups is 1. The Morgan fingerprint density at radius 1 is 1.47 bits per heavy atom. The first kappa shape index (κ1) is 12.5. The highest BCUT2D eigenvalue weighted by Crippen LogP contribution is 2.32. The molecule has 84 valence electrons. The quantitative estimate of drug-likeness (QED) is 0.789. The number of aliphatic hydroxyl groups excluding tert-OH is 1. The molecule has 15 heavy (non-hydrogen) atoms. The third-order valence-electron chi connectivity index (χ3n) is 2.38. The monoisotopic (exact) mass is 273 g/mol. The topological polar surface area (TPSA) is 66.5 Å². The minimum atomic E-state index is -0.616. The summed E-state index contributed by atoms with van der Waals surface area (Å²) in [5.74, 6) is 0.111. The number of hydrogen-bond donors (Lipinski definition) is 3. The van der Waals surface area contributed by atoms with Crippen LogP contribution in [0.3, 0.4) is 0 Å². The van der Waals surface area contributed by atoms with Crippen LogP contribution >= 0.6 is 15.9 Å². The van der Waals surface area contributed by atoms with E-state index < -0.39 is 12.1 Å². The lowest BCUT2D eigenvalue weighted by atomic mass is 9.98. The lowest BCUT2D eigenvalue weighted by Gasteiger charge is -2.19. The molecule has 1 aromatic rings. The maximum Gasteiger partial charge on any atom is 0.134 e. The van der Waals surface area contributed by atoms with Crippen LogP contribution in [0.1, 0.15) is 31.4 Å². The highest BCUT2D eigenvalue weighted by Gasteiger charge is 2.19. The molecule has 0 saturated heterocycles. The Bertz CT molecular complexity index is 330. The molecule has 0 amide bonds. The van der Waals surface area contributed by atoms with Crippen molar-refractivity contribution in [1.82, 2.24) is 0 Å². The molecule has 0 unspecified atom stereocenters. The number of para-hydroxylation sites is 1. The smallest absolute Gasteiger partial charge is 0.134 e. The van der Waals surface area contributed by atoms with E-state index in [0.717, 1.165) is 6.42 Å². The molecule has 2 atom stereocenters. The summed E-state index contributed by atoms with van der Waals surface area (Å²) in [5, 5.41) is 19.5. The van der Waals surface area contributed by atoms with Gasteiger partial charge in [0.25, 0.3) is 0 Å². The molecule has 4 N–H and O–H groups in total. The summed E-state index contributed by atoms with van der Waals surface area (Å²) in [4.78, 5) is 0. The van der Waals surface area contributed by atoms with Crippen LogP contribution in [0.15, 0.2) is 22.7 Å². The van der Waals surface area contributed by atoms with Gasteiger partial charge in [0.2, 0.25) is 0 Å². The minimum absolute atomic E-state index is 0.111. The fraction of sp³-hybridized carbons (Fsp3) is 0.455. The van der Waals surface area contributed by atoms with E-state index in [1.807, 2.05) is 6.92 Å². The summed E-state index contributed by atoms with van der Waals surface area (Å²) < 4.78 is 0.596. The van der Waals surface area contributed by atoms with Crippen molar-refractivity contribution in [1.29, 1.82) is 0 Å². The Kier molecular flexibility index (Phi) is 4.57. The van der Waals surface area contributed by atoms with Gasteiger partial charge in [-0.05, 0) is 28.4 Å². The van der Waals surface area contributed by atoms with E-state index >= 15 is 0 Å². The van der Waals surface area contributed by atoms with Crippen molar-refractivity contribution in [3.8, 4) is 5.75 Å². The normalized spacial score (nSPS) is 14.9. The van der Waals surface area contributed by atoms with Crippen molar-refractivity contribution in [3.05, 3.63) is 28.2 Å². The number of aromatic hydroxyl groups is 1. The predicted molar refractivity (Wildman–Crippen MR) is 63.7 cm³/mol. The van der Waals surface area contributed by atoms with Crippen molar-refractivity contribution in [2.45, 2.75) is 31.9 Å². The molecule has 0 fully saturated rings. The van der Waals surface area contributed by atoms with Crippen LogP contribution < -0.4 is 5.73 Å². The third kappa shape index (κ3) is 2.93. The molecule has 0 bridgehead atoms. The van der Waals surface area contributed by atoms with Gasteiger partial charge >= 0.3 is 0 Å². The molecule has 0 heterocycles. The fourth-order valence-corrected chi connectivity index (χ4v) is 1.87. The number of phenolic OH excluding ortho intramolecular Hbond substituents is 1. The number of benzene rings is 1. The zero-order valence-corrected chi connectivity index (χ0v) is 10.2. The predicted octanol–water partition coefficient (Wildman–Crippen LogP) is 2.32. The van der Waals surface area contributed by atoms with Gasteiger partial charge in [-0.25, -0.2) is 0 Å². The van der Waals surface area contributed by atoms with E-state index in [0.29, 0.717) is 16.5 Å². The highest BCUT2D eigenvalue weighted by molar-refractivity contribution is 9.10. The highest BCUT2D eigenvalue weighted by atomic mass is 79.9. The molecule has 0 saturated carbocycles. The Labute approximate surface area is 98.1 Å². The van der Waals surface area contributed by atoms with Gasteiger partial charge in [0.05, 0.1) is 16.6 Å². The Hall–Kier alpha value is -0.580. The van der Waals surface area contributed by atoms with Crippen molar-refractivity contribution < 1.29 is 10.2 Å². The second-order valence-corrected chi connectivity index (χ2v) is 4.41. The van der Waals surface area contributed by atoms with Crippen LogP contribution in [-0.4, -0.2) is 16.3 Å². The molecule has 4 heteroatoms. The zero-order chi connectivity index (χ0) is 11.4. The van der Waals surface area contributed by atoms with Crippen molar-refractivity contribution in [3.63, 3.8) is 0 Å². The Balaban J connectivity index is 2.90. The summed E-state index contributed by atoms with van der Waals surface area (Å²) in [5.41, 5.74) is 6.44. The first-order valence-corrected chi connectivity index (χ1v) is 5.78. The van der Waals surface area contributed by atoms with E-state index in [4.69, 9.17) is 5.73 Å². The lowest BCUT2D eigenvalue weighted by molar-refractivity contribution is 0.133. The molecule has 0 aliphatic carbocycles. The lowest BCUT2D eigenvalue weighted by Crippen LogP contribution is -2.26. The first-order chi connectivity index (χ1) is 7.07. The molecular formula is C11H16BrNO2. The van der Waals surface area contributed by atoms with Gasteiger partial charge in [-0.2, -0.15) is 0 Å². The van der Waals surface area contributed by atoms with Crippen LogP contribution in [0.2, 0.25) is 0 Å². The van der Waals surface area contributed by atoms with Crippen molar-refractivity contribution >= 4 is 15.9 Å². The minimum Gasteiger partial charge on any atom is -0.506 e. The first-order valence-electron chi connectivity index (χ1n) is 4.99. The summed E-state index contributed by atoms with van der Waals surface area (Å²) >= 11 is 3.22. The van der Waals surface area contributed by atoms with E-state index in [1.165, 1.54) is 0 Å². The molecule has 0 radical (unpaired) electrons. The maximum absolute atomic E-state index is 9.75. The summed E-state index contributed by atoms with van der Waals surface area (Å²) in [6.45, 7) is 1.98. The van der Waals surface area contributed by atoms with Crippen LogP contribution in [0.5, 0.6) is 5.75 Å². The number of rotatable bonds is 4. The van der Waals surface area contributed by atoms with Crippen molar-refractivity contribution in [2.75, 3.05) is 0 Å². The number of hydrogen-bond acceptors (Lipinski definition) is 3. The molecular weight excluding hydrogens is 258 g/mol. The zero-order valence-electron chi connectivity index (χ0n) is 8.65. The van der Waals surface area contributed by atoms with Gasteiger partial charge < -0.3 is 15.9 Å². The summed E-state index contributed by atoms with van der Waals surface area (Å²) in [6, 6.07) is 4.71. The Morgan fingerprint density at radius 3 is 2.73 bits per heavy atom. The molecule has 0 spiro atoms. The molecule has 0 aliphatic rings. The van der Waals surface area contributed by atoms with E-state index in [2.05, 4.69) is 15.9 Å². The van der Waals surface area contributed by atoms with E-state index in [9.17, 15) is 10.2 Å². The van der Waals surface area contributed by atoms with E-state index in [-0.39, 0.29) is 5.75 Å². The number of halogens is 1. The molecule has 1 aromatic carbocycles. The standard InChI is InChI=1S/C11H16BrNO2/c1-2-4-9(14)10(13)7-5-3-6-8(12)11(7)15/h3,5-6,9-10,14-15H,2,4,13H2,1H3/t9-,10+/m0/s1. The van der Waals surface area contributed by atoms with Crippen LogP contribution in [0.4, 0.5) is 0 Å². The second kappa shape index (κ2) is 5.49. The van der Waals surface area contributed by atoms with Crippen LogP contribution in [-0.2, 0) is 0 Å².